The van der Waals surface area contributed by atoms with Crippen molar-refractivity contribution < 1.29 is 4.79 Å². The highest BCUT2D eigenvalue weighted by Crippen LogP contribution is 2.15. The molecule has 0 radical (unpaired) electrons. The minimum atomic E-state index is -0.0410. The number of hydrogen-bond acceptors (Lipinski definition) is 2. The monoisotopic (exact) mass is 366 g/mol. The average molecular weight is 367 g/mol. The molecule has 0 aliphatic carbocycles. The van der Waals surface area contributed by atoms with E-state index in [-0.39, 0.29) is 5.91 Å². The number of benzene rings is 1. The van der Waals surface area contributed by atoms with Crippen molar-refractivity contribution in [1.82, 2.24) is 0 Å². The van der Waals surface area contributed by atoms with Crippen LogP contribution in [0.3, 0.4) is 0 Å². The van der Waals surface area contributed by atoms with Crippen LogP contribution in [-0.2, 0) is 4.79 Å². The van der Waals surface area contributed by atoms with E-state index in [1.54, 1.807) is 19.2 Å². The van der Waals surface area contributed by atoms with E-state index in [4.69, 9.17) is 0 Å². The molecule has 3 nitrogen and oxygen atoms in total. The fraction of sp³-hybridized carbons (Fsp3) is 0.333. The van der Waals surface area contributed by atoms with Gasteiger partial charge in [-0.15, -0.1) is 0 Å². The topological polar surface area (TPSA) is 41.5 Å². The number of carbonyl (C=O) groups is 1. The van der Waals surface area contributed by atoms with Crippen LogP contribution in [0.15, 0.2) is 70.4 Å². The molecule has 0 atom stereocenters. The molecule has 0 aromatic heterocycles. The molecule has 0 unspecified atom stereocenters. The minimum Gasteiger partial charge on any atom is -0.322 e. The van der Waals surface area contributed by atoms with E-state index in [1.807, 2.05) is 52.0 Å². The van der Waals surface area contributed by atoms with Gasteiger partial charge in [0.1, 0.15) is 0 Å². The molecule has 1 rings (SSSR count). The Hall–Kier alpha value is -2.68. The molecule has 0 aliphatic rings. The number of allylic oxidation sites excluding steroid dienone is 4. The Labute approximate surface area is 165 Å². The summed E-state index contributed by atoms with van der Waals surface area (Å²) in [6.45, 7) is 19.6. The van der Waals surface area contributed by atoms with Gasteiger partial charge in [-0.1, -0.05) is 36.4 Å². The van der Waals surface area contributed by atoms with E-state index in [0.717, 1.165) is 22.5 Å². The molecule has 27 heavy (non-hydrogen) atoms. The van der Waals surface area contributed by atoms with Gasteiger partial charge in [-0.05, 0) is 84.2 Å². The Kier molecular flexibility index (Phi) is 11.4. The van der Waals surface area contributed by atoms with Crippen LogP contribution in [0.5, 0.6) is 0 Å². The van der Waals surface area contributed by atoms with Crippen LogP contribution in [0.4, 0.5) is 5.69 Å². The van der Waals surface area contributed by atoms with Crippen LogP contribution in [0, 0.1) is 13.8 Å². The Morgan fingerprint density at radius 1 is 1.04 bits per heavy atom. The minimum absolute atomic E-state index is 0.0410. The van der Waals surface area contributed by atoms with Gasteiger partial charge in [-0.3, -0.25) is 9.79 Å². The lowest BCUT2D eigenvalue weighted by atomic mass is 10.1. The van der Waals surface area contributed by atoms with Gasteiger partial charge in [0.05, 0.1) is 5.70 Å². The van der Waals surface area contributed by atoms with Crippen LogP contribution >= 0.6 is 0 Å². The number of aryl methyl sites for hydroxylation is 2. The van der Waals surface area contributed by atoms with Crippen LogP contribution in [0.25, 0.3) is 0 Å². The van der Waals surface area contributed by atoms with Gasteiger partial charge in [-0.25, -0.2) is 0 Å². The average Bonchev–Trinajstić information content (AvgIpc) is 2.62. The summed E-state index contributed by atoms with van der Waals surface area (Å²) in [5.74, 6) is -0.0410. The zero-order valence-electron chi connectivity index (χ0n) is 18.1. The largest absolute Gasteiger partial charge is 0.322 e. The number of nitrogens with one attached hydrogen (secondary N) is 1. The smallest absolute Gasteiger partial charge is 0.250 e. The van der Waals surface area contributed by atoms with Crippen LogP contribution in [0.2, 0.25) is 0 Å². The second-order valence-electron chi connectivity index (χ2n) is 6.52. The summed E-state index contributed by atoms with van der Waals surface area (Å²) in [5.41, 5.74) is 7.17. The predicted octanol–water partition coefficient (Wildman–Crippen LogP) is 6.71. The molecule has 0 bridgehead atoms. The van der Waals surface area contributed by atoms with E-state index >= 15 is 0 Å². The highest BCUT2D eigenvalue weighted by molar-refractivity contribution is 6.03. The molecule has 0 aliphatic heterocycles. The fourth-order valence-corrected chi connectivity index (χ4v) is 2.05. The van der Waals surface area contributed by atoms with E-state index in [9.17, 15) is 4.79 Å². The molecule has 1 aromatic rings. The molecule has 1 amide bonds. The van der Waals surface area contributed by atoms with Gasteiger partial charge in [0.25, 0.3) is 5.91 Å². The summed E-state index contributed by atoms with van der Waals surface area (Å²) < 4.78 is 0. The van der Waals surface area contributed by atoms with Gasteiger partial charge >= 0.3 is 0 Å². The third kappa shape index (κ3) is 9.55. The molecule has 146 valence electrons. The first kappa shape index (κ1) is 24.3. The summed E-state index contributed by atoms with van der Waals surface area (Å²) >= 11 is 0. The highest BCUT2D eigenvalue weighted by Gasteiger charge is 2.04. The van der Waals surface area contributed by atoms with Gasteiger partial charge in [0.2, 0.25) is 0 Å². The van der Waals surface area contributed by atoms with Crippen molar-refractivity contribution in [1.29, 1.82) is 0 Å². The second-order valence-corrected chi connectivity index (χ2v) is 6.52. The first-order valence-electron chi connectivity index (χ1n) is 9.16. The molecule has 0 saturated heterocycles. The summed E-state index contributed by atoms with van der Waals surface area (Å²) in [4.78, 5) is 15.7. The zero-order valence-corrected chi connectivity index (χ0v) is 18.1. The van der Waals surface area contributed by atoms with Crippen LogP contribution in [0.1, 0.15) is 52.7 Å². The Balaban J connectivity index is 0.000000516. The van der Waals surface area contributed by atoms with Crippen molar-refractivity contribution in [2.24, 2.45) is 4.99 Å². The second kappa shape index (κ2) is 12.6. The summed E-state index contributed by atoms with van der Waals surface area (Å²) in [6, 6.07) is 5.91. The van der Waals surface area contributed by atoms with Crippen LogP contribution in [-0.4, -0.2) is 12.1 Å². The standard InChI is InChI=1S/C13H17NO.C11H17N/c1-5-9(2)13(15)14-12-7-6-10(3)11(4)8-12;1-6-11(8-9(3)4)10(5)12-7-2/h5-8H,1-4H3,(H,14,15);6-8H,5H2,1-4H3/b9-5+;11-6+,12-7?. The first-order valence-corrected chi connectivity index (χ1v) is 9.16. The number of amides is 1. The maximum atomic E-state index is 11.6. The van der Waals surface area contributed by atoms with E-state index in [1.165, 1.54) is 16.7 Å². The number of hydrogen-bond donors (Lipinski definition) is 1. The van der Waals surface area contributed by atoms with Crippen LogP contribution < -0.4 is 5.32 Å². The summed E-state index contributed by atoms with van der Waals surface area (Å²) in [7, 11) is 0. The molecule has 0 fully saturated rings. The lowest BCUT2D eigenvalue weighted by molar-refractivity contribution is -0.112. The molecule has 0 spiro atoms. The van der Waals surface area contributed by atoms with Gasteiger partial charge in [0, 0.05) is 17.5 Å². The van der Waals surface area contributed by atoms with Crippen molar-refractivity contribution in [2.45, 2.75) is 55.4 Å². The highest BCUT2D eigenvalue weighted by atomic mass is 16.1. The van der Waals surface area contributed by atoms with Gasteiger partial charge in [-0.2, -0.15) is 0 Å². The number of nitrogens with zero attached hydrogens (tertiary/aromatic N) is 1. The maximum Gasteiger partial charge on any atom is 0.250 e. The lowest BCUT2D eigenvalue weighted by Crippen LogP contribution is -2.12. The number of rotatable bonds is 5. The summed E-state index contributed by atoms with van der Waals surface area (Å²) in [6.07, 6.45) is 7.65. The first-order chi connectivity index (χ1) is 12.7. The quantitative estimate of drug-likeness (QED) is 0.351. The van der Waals surface area contributed by atoms with Crippen molar-refractivity contribution in [3.63, 3.8) is 0 Å². The molecular formula is C24H34N2O. The Bertz CT molecular complexity index is 774. The number of aliphatic imine (C=N–C) groups is 1. The molecule has 1 N–H and O–H groups in total. The Morgan fingerprint density at radius 2 is 1.67 bits per heavy atom. The van der Waals surface area contributed by atoms with Crippen molar-refractivity contribution in [3.8, 4) is 0 Å². The molecule has 0 saturated carbocycles. The molecule has 3 heteroatoms. The molecular weight excluding hydrogens is 332 g/mol. The third-order valence-electron chi connectivity index (χ3n) is 3.93. The zero-order chi connectivity index (χ0) is 21.0. The molecule has 1 aromatic carbocycles. The number of carbonyl (C=O) groups excluding carboxylic acids is 1. The van der Waals surface area contributed by atoms with E-state index in [0.29, 0.717) is 0 Å². The third-order valence-corrected chi connectivity index (χ3v) is 3.93. The van der Waals surface area contributed by atoms with E-state index < -0.39 is 0 Å². The summed E-state index contributed by atoms with van der Waals surface area (Å²) in [5, 5.41) is 2.85. The van der Waals surface area contributed by atoms with Gasteiger partial charge in [0.15, 0.2) is 0 Å². The SMILES string of the molecule is C/C=C(\C)C(=O)Nc1ccc(C)c(C)c1.C=C(N=CC)/C(C=C(C)C)=C/C. The lowest BCUT2D eigenvalue weighted by Gasteiger charge is -2.07. The Morgan fingerprint density at radius 3 is 2.11 bits per heavy atom. The van der Waals surface area contributed by atoms with E-state index in [2.05, 4.69) is 43.7 Å². The number of anilines is 1. The normalized spacial score (nSPS) is 11.6. The van der Waals surface area contributed by atoms with Crippen molar-refractivity contribution in [2.75, 3.05) is 5.32 Å². The van der Waals surface area contributed by atoms with Crippen molar-refractivity contribution in [3.05, 3.63) is 76.5 Å². The van der Waals surface area contributed by atoms with Gasteiger partial charge < -0.3 is 5.32 Å². The van der Waals surface area contributed by atoms with Crippen molar-refractivity contribution >= 4 is 17.8 Å². The predicted molar refractivity (Wildman–Crippen MR) is 120 cm³/mol. The fourth-order valence-electron chi connectivity index (χ4n) is 2.05. The maximum absolute atomic E-state index is 11.6. The molecule has 0 heterocycles.